The van der Waals surface area contributed by atoms with Crippen LogP contribution < -0.4 is 10.2 Å². The molecule has 2 amide bonds. The number of hydrogen-bond acceptors (Lipinski definition) is 3. The summed E-state index contributed by atoms with van der Waals surface area (Å²) in [6.45, 7) is 4.22. The van der Waals surface area contributed by atoms with E-state index < -0.39 is 0 Å². The van der Waals surface area contributed by atoms with E-state index in [1.807, 2.05) is 56.3 Å². The summed E-state index contributed by atoms with van der Waals surface area (Å²) < 4.78 is 0. The Balaban J connectivity index is 1.84. The molecule has 138 valence electrons. The third-order valence-electron chi connectivity index (χ3n) is 4.96. The average Bonchev–Trinajstić information content (AvgIpc) is 2.63. The number of carbonyl (C=O) groups is 2. The van der Waals surface area contributed by atoms with Crippen LogP contribution in [-0.2, 0) is 9.59 Å². The lowest BCUT2D eigenvalue weighted by Gasteiger charge is -2.31. The van der Waals surface area contributed by atoms with E-state index in [1.54, 1.807) is 0 Å². The van der Waals surface area contributed by atoms with Gasteiger partial charge in [0, 0.05) is 37.2 Å². The van der Waals surface area contributed by atoms with Gasteiger partial charge in [-0.05, 0) is 58.8 Å². The molecule has 1 aliphatic carbocycles. The molecular formula is C20H31N3O2. The lowest BCUT2D eigenvalue weighted by atomic mass is 9.81. The van der Waals surface area contributed by atoms with Crippen LogP contribution in [0.25, 0.3) is 0 Å². The van der Waals surface area contributed by atoms with Gasteiger partial charge in [0.05, 0.1) is 0 Å². The Kier molecular flexibility index (Phi) is 7.44. The number of amides is 2. The third kappa shape index (κ3) is 5.56. The second-order valence-electron chi connectivity index (χ2n) is 7.06. The van der Waals surface area contributed by atoms with Gasteiger partial charge in [0.2, 0.25) is 11.8 Å². The van der Waals surface area contributed by atoms with Gasteiger partial charge < -0.3 is 15.1 Å². The lowest BCUT2D eigenvalue weighted by Crippen LogP contribution is -2.41. The van der Waals surface area contributed by atoms with Crippen LogP contribution in [0.15, 0.2) is 30.3 Å². The number of likely N-dealkylation sites (N-methyl/N-ethyl adjacent to an activating group) is 1. The molecule has 0 aromatic heterocycles. The first-order valence-electron chi connectivity index (χ1n) is 9.31. The van der Waals surface area contributed by atoms with Crippen molar-refractivity contribution in [3.63, 3.8) is 0 Å². The smallest absolute Gasteiger partial charge is 0.230 e. The fourth-order valence-corrected chi connectivity index (χ4v) is 3.44. The number of para-hydroxylation sites is 1. The van der Waals surface area contributed by atoms with Crippen molar-refractivity contribution in [3.05, 3.63) is 30.3 Å². The lowest BCUT2D eigenvalue weighted by molar-refractivity contribution is -0.129. The fourth-order valence-electron chi connectivity index (χ4n) is 3.44. The number of rotatable bonds is 7. The van der Waals surface area contributed by atoms with Crippen molar-refractivity contribution >= 4 is 17.5 Å². The highest BCUT2D eigenvalue weighted by molar-refractivity contribution is 5.95. The molecule has 5 heteroatoms. The Morgan fingerprint density at radius 1 is 1.04 bits per heavy atom. The zero-order valence-corrected chi connectivity index (χ0v) is 15.7. The molecule has 0 bridgehead atoms. The molecule has 25 heavy (non-hydrogen) atoms. The van der Waals surface area contributed by atoms with E-state index in [0.29, 0.717) is 13.1 Å². The minimum absolute atomic E-state index is 0.0333. The zero-order valence-electron chi connectivity index (χ0n) is 15.7. The molecular weight excluding hydrogens is 314 g/mol. The van der Waals surface area contributed by atoms with Crippen LogP contribution >= 0.6 is 0 Å². The quantitative estimate of drug-likeness (QED) is 0.826. The maximum atomic E-state index is 12.9. The molecule has 1 N–H and O–H groups in total. The van der Waals surface area contributed by atoms with Crippen LogP contribution in [0.3, 0.4) is 0 Å². The molecule has 1 aliphatic rings. The van der Waals surface area contributed by atoms with Gasteiger partial charge in [0.25, 0.3) is 0 Å². The van der Waals surface area contributed by atoms with E-state index in [2.05, 4.69) is 10.2 Å². The molecule has 0 unspecified atom stereocenters. The SMILES string of the molecule is CCN(C(=O)C1CCC(C(=O)NCCN(C)C)CC1)c1ccccc1. The van der Waals surface area contributed by atoms with Crippen molar-refractivity contribution in [2.45, 2.75) is 32.6 Å². The molecule has 5 nitrogen and oxygen atoms in total. The van der Waals surface area contributed by atoms with Crippen LogP contribution in [0.4, 0.5) is 5.69 Å². The standard InChI is InChI=1S/C20H31N3O2/c1-4-23(18-8-6-5-7-9-18)20(25)17-12-10-16(11-13-17)19(24)21-14-15-22(2)3/h5-9,16-17H,4,10-15H2,1-3H3,(H,21,24). The van der Waals surface area contributed by atoms with Gasteiger partial charge in [0.1, 0.15) is 0 Å². The topological polar surface area (TPSA) is 52.7 Å². The molecule has 0 aliphatic heterocycles. The molecule has 1 aromatic rings. The van der Waals surface area contributed by atoms with Crippen molar-refractivity contribution in [1.29, 1.82) is 0 Å². The molecule has 0 radical (unpaired) electrons. The largest absolute Gasteiger partial charge is 0.355 e. The molecule has 0 heterocycles. The minimum Gasteiger partial charge on any atom is -0.355 e. The first kappa shape index (κ1) is 19.4. The summed E-state index contributed by atoms with van der Waals surface area (Å²) >= 11 is 0. The van der Waals surface area contributed by atoms with E-state index in [0.717, 1.165) is 37.9 Å². The van der Waals surface area contributed by atoms with E-state index in [9.17, 15) is 9.59 Å². The number of carbonyl (C=O) groups excluding carboxylic acids is 2. The summed E-state index contributed by atoms with van der Waals surface area (Å²) in [6.07, 6.45) is 3.20. The minimum atomic E-state index is 0.0333. The zero-order chi connectivity index (χ0) is 18.2. The number of hydrogen-bond donors (Lipinski definition) is 1. The van der Waals surface area contributed by atoms with Gasteiger partial charge in [-0.1, -0.05) is 18.2 Å². The Labute approximate surface area is 151 Å². The number of nitrogens with zero attached hydrogens (tertiary/aromatic N) is 2. The third-order valence-corrected chi connectivity index (χ3v) is 4.96. The predicted molar refractivity (Wildman–Crippen MR) is 101 cm³/mol. The maximum Gasteiger partial charge on any atom is 0.230 e. The van der Waals surface area contributed by atoms with Crippen LogP contribution in [0.1, 0.15) is 32.6 Å². The molecule has 1 aromatic carbocycles. The number of benzene rings is 1. The molecule has 0 atom stereocenters. The Morgan fingerprint density at radius 3 is 2.20 bits per heavy atom. The van der Waals surface area contributed by atoms with Crippen molar-refractivity contribution in [2.75, 3.05) is 38.6 Å². The molecule has 0 spiro atoms. The van der Waals surface area contributed by atoms with E-state index in [-0.39, 0.29) is 23.7 Å². The van der Waals surface area contributed by atoms with Gasteiger partial charge in [-0.15, -0.1) is 0 Å². The van der Waals surface area contributed by atoms with Crippen LogP contribution in [-0.4, -0.2) is 50.4 Å². The Hall–Kier alpha value is -1.88. The highest BCUT2D eigenvalue weighted by Crippen LogP contribution is 2.31. The molecule has 1 fully saturated rings. The summed E-state index contributed by atoms with van der Waals surface area (Å²) in [7, 11) is 3.99. The van der Waals surface area contributed by atoms with Crippen LogP contribution in [0.5, 0.6) is 0 Å². The Bertz CT molecular complexity index is 551. The fraction of sp³-hybridized carbons (Fsp3) is 0.600. The van der Waals surface area contributed by atoms with Gasteiger partial charge >= 0.3 is 0 Å². The molecule has 2 rings (SSSR count). The normalized spacial score (nSPS) is 20.3. The summed E-state index contributed by atoms with van der Waals surface area (Å²) in [5.41, 5.74) is 0.957. The predicted octanol–water partition coefficient (Wildman–Crippen LogP) is 2.52. The highest BCUT2D eigenvalue weighted by atomic mass is 16.2. The second-order valence-corrected chi connectivity index (χ2v) is 7.06. The summed E-state index contributed by atoms with van der Waals surface area (Å²) in [4.78, 5) is 29.0. The maximum absolute atomic E-state index is 12.9. The van der Waals surface area contributed by atoms with E-state index >= 15 is 0 Å². The van der Waals surface area contributed by atoms with Gasteiger partial charge in [-0.2, -0.15) is 0 Å². The first-order valence-corrected chi connectivity index (χ1v) is 9.31. The molecule has 1 saturated carbocycles. The van der Waals surface area contributed by atoms with Crippen LogP contribution in [0.2, 0.25) is 0 Å². The Morgan fingerprint density at radius 2 is 1.64 bits per heavy atom. The molecule has 0 saturated heterocycles. The number of anilines is 1. The van der Waals surface area contributed by atoms with E-state index in [4.69, 9.17) is 0 Å². The van der Waals surface area contributed by atoms with Crippen molar-refractivity contribution in [2.24, 2.45) is 11.8 Å². The van der Waals surface area contributed by atoms with Gasteiger partial charge in [-0.25, -0.2) is 0 Å². The number of nitrogens with one attached hydrogen (secondary N) is 1. The van der Waals surface area contributed by atoms with Gasteiger partial charge in [-0.3, -0.25) is 9.59 Å². The summed E-state index contributed by atoms with van der Waals surface area (Å²) in [5.74, 6) is 0.423. The van der Waals surface area contributed by atoms with Crippen molar-refractivity contribution in [3.8, 4) is 0 Å². The average molecular weight is 345 g/mol. The van der Waals surface area contributed by atoms with E-state index in [1.165, 1.54) is 0 Å². The highest BCUT2D eigenvalue weighted by Gasteiger charge is 2.32. The second kappa shape index (κ2) is 9.56. The van der Waals surface area contributed by atoms with Crippen LogP contribution in [0, 0.1) is 11.8 Å². The summed E-state index contributed by atoms with van der Waals surface area (Å²) in [5, 5.41) is 3.01. The first-order chi connectivity index (χ1) is 12.0. The van der Waals surface area contributed by atoms with Crippen molar-refractivity contribution < 1.29 is 9.59 Å². The summed E-state index contributed by atoms with van der Waals surface area (Å²) in [6, 6.07) is 9.83. The monoisotopic (exact) mass is 345 g/mol. The van der Waals surface area contributed by atoms with Crippen molar-refractivity contribution in [1.82, 2.24) is 10.2 Å². The van der Waals surface area contributed by atoms with Gasteiger partial charge in [0.15, 0.2) is 0 Å².